The van der Waals surface area contributed by atoms with Crippen LogP contribution in [0, 0.1) is 6.92 Å². The quantitative estimate of drug-likeness (QED) is 0.526. The SMILES string of the molecule is Cc1[nH]cnc1CSCCNC[C@@]1(O)CNCCOC1. The maximum atomic E-state index is 10.3. The number of β-amino-alcohol motifs (C(OH)–C–C–N with tert-alkyl or cyclic N) is 1. The maximum Gasteiger partial charge on any atom is 0.113 e. The van der Waals surface area contributed by atoms with Gasteiger partial charge in [-0.2, -0.15) is 11.8 Å². The van der Waals surface area contributed by atoms with Crippen LogP contribution in [0.3, 0.4) is 0 Å². The van der Waals surface area contributed by atoms with Gasteiger partial charge in [-0.1, -0.05) is 0 Å². The van der Waals surface area contributed by atoms with Crippen molar-refractivity contribution < 1.29 is 9.84 Å². The number of aliphatic hydroxyl groups is 1. The minimum Gasteiger partial charge on any atom is -0.385 e. The van der Waals surface area contributed by atoms with Crippen LogP contribution in [-0.2, 0) is 10.5 Å². The lowest BCUT2D eigenvalue weighted by Gasteiger charge is -2.26. The molecule has 0 aliphatic carbocycles. The summed E-state index contributed by atoms with van der Waals surface area (Å²) in [6.07, 6.45) is 1.73. The van der Waals surface area contributed by atoms with E-state index in [0.717, 1.165) is 36.0 Å². The molecule has 7 heteroatoms. The summed E-state index contributed by atoms with van der Waals surface area (Å²) >= 11 is 1.84. The van der Waals surface area contributed by atoms with Crippen molar-refractivity contribution in [3.8, 4) is 0 Å². The molecule has 0 radical (unpaired) electrons. The molecule has 0 amide bonds. The van der Waals surface area contributed by atoms with Crippen molar-refractivity contribution in [1.82, 2.24) is 20.6 Å². The molecule has 0 aromatic carbocycles. The van der Waals surface area contributed by atoms with Crippen LogP contribution in [0.1, 0.15) is 11.4 Å². The largest absolute Gasteiger partial charge is 0.385 e. The number of aromatic nitrogens is 2. The lowest BCUT2D eigenvalue weighted by Crippen LogP contribution is -2.50. The van der Waals surface area contributed by atoms with E-state index in [1.54, 1.807) is 6.33 Å². The van der Waals surface area contributed by atoms with Gasteiger partial charge in [-0.05, 0) is 6.92 Å². The molecule has 0 unspecified atom stereocenters. The number of nitrogens with zero attached hydrogens (tertiary/aromatic N) is 1. The third-order valence-corrected chi connectivity index (χ3v) is 4.27. The lowest BCUT2D eigenvalue weighted by molar-refractivity contribution is -0.0258. The van der Waals surface area contributed by atoms with Crippen molar-refractivity contribution in [2.45, 2.75) is 18.3 Å². The fourth-order valence-corrected chi connectivity index (χ4v) is 2.98. The van der Waals surface area contributed by atoms with Gasteiger partial charge in [-0.25, -0.2) is 4.98 Å². The Bertz CT molecular complexity index is 391. The summed E-state index contributed by atoms with van der Waals surface area (Å²) in [6, 6.07) is 0. The van der Waals surface area contributed by atoms with E-state index in [9.17, 15) is 5.11 Å². The van der Waals surface area contributed by atoms with Crippen LogP contribution >= 0.6 is 11.8 Å². The van der Waals surface area contributed by atoms with Gasteiger partial charge in [-0.15, -0.1) is 0 Å². The predicted octanol–water partition coefficient (Wildman–Crippen LogP) is -0.108. The topological polar surface area (TPSA) is 82.2 Å². The molecule has 1 aliphatic rings. The van der Waals surface area contributed by atoms with Gasteiger partial charge in [-0.3, -0.25) is 0 Å². The Morgan fingerprint density at radius 1 is 1.60 bits per heavy atom. The van der Waals surface area contributed by atoms with E-state index in [4.69, 9.17) is 4.74 Å². The summed E-state index contributed by atoms with van der Waals surface area (Å²) in [5, 5.41) is 16.8. The zero-order chi connectivity index (χ0) is 14.3. The van der Waals surface area contributed by atoms with Gasteiger partial charge < -0.3 is 25.5 Å². The van der Waals surface area contributed by atoms with Crippen molar-refractivity contribution in [1.29, 1.82) is 0 Å². The van der Waals surface area contributed by atoms with Crippen LogP contribution in [0.4, 0.5) is 0 Å². The standard InChI is InChI=1S/C13H24N4O2S/c1-11-12(17-10-16-11)6-20-5-3-15-8-13(18)7-14-2-4-19-9-13/h10,14-15,18H,2-9H2,1H3,(H,16,17)/t13-/m0/s1. The number of hydrogen-bond acceptors (Lipinski definition) is 6. The zero-order valence-electron chi connectivity index (χ0n) is 11.9. The van der Waals surface area contributed by atoms with Crippen molar-refractivity contribution >= 4 is 11.8 Å². The molecule has 2 heterocycles. The molecular weight excluding hydrogens is 276 g/mol. The number of imidazole rings is 1. The Hall–Kier alpha value is -0.600. The van der Waals surface area contributed by atoms with E-state index in [-0.39, 0.29) is 0 Å². The molecule has 20 heavy (non-hydrogen) atoms. The Morgan fingerprint density at radius 3 is 3.30 bits per heavy atom. The van der Waals surface area contributed by atoms with Crippen LogP contribution in [0.5, 0.6) is 0 Å². The molecule has 4 N–H and O–H groups in total. The minimum absolute atomic E-state index is 0.395. The van der Waals surface area contributed by atoms with E-state index < -0.39 is 5.60 Å². The summed E-state index contributed by atoms with van der Waals surface area (Å²) in [7, 11) is 0. The molecular formula is C13H24N4O2S. The van der Waals surface area contributed by atoms with Crippen LogP contribution in [0.2, 0.25) is 0 Å². The van der Waals surface area contributed by atoms with Crippen LogP contribution in [0.25, 0.3) is 0 Å². The second kappa shape index (κ2) is 7.99. The molecule has 1 atom stereocenters. The summed E-state index contributed by atoms with van der Waals surface area (Å²) in [4.78, 5) is 7.35. The number of thioether (sulfide) groups is 1. The molecule has 114 valence electrons. The number of aryl methyl sites for hydroxylation is 1. The second-order valence-electron chi connectivity index (χ2n) is 5.16. The highest BCUT2D eigenvalue weighted by atomic mass is 32.2. The number of hydrogen-bond donors (Lipinski definition) is 4. The maximum absolute atomic E-state index is 10.3. The molecule has 6 nitrogen and oxygen atoms in total. The van der Waals surface area contributed by atoms with E-state index in [1.165, 1.54) is 0 Å². The highest BCUT2D eigenvalue weighted by Crippen LogP contribution is 2.12. The van der Waals surface area contributed by atoms with E-state index >= 15 is 0 Å². The number of nitrogens with one attached hydrogen (secondary N) is 3. The van der Waals surface area contributed by atoms with Gasteiger partial charge >= 0.3 is 0 Å². The average Bonchev–Trinajstić information content (AvgIpc) is 2.70. The Balaban J connectivity index is 1.56. The van der Waals surface area contributed by atoms with Crippen molar-refractivity contribution in [3.63, 3.8) is 0 Å². The summed E-state index contributed by atoms with van der Waals surface area (Å²) in [5.41, 5.74) is 1.47. The first-order chi connectivity index (χ1) is 9.70. The van der Waals surface area contributed by atoms with Crippen LogP contribution in [-0.4, -0.2) is 65.8 Å². The normalized spacial score (nSPS) is 23.7. The number of rotatable bonds is 7. The monoisotopic (exact) mass is 300 g/mol. The number of ether oxygens (including phenoxy) is 1. The van der Waals surface area contributed by atoms with Gasteiger partial charge in [0.25, 0.3) is 0 Å². The summed E-state index contributed by atoms with van der Waals surface area (Å²) < 4.78 is 5.38. The number of H-pyrrole nitrogens is 1. The summed E-state index contributed by atoms with van der Waals surface area (Å²) in [5.74, 6) is 1.92. The third-order valence-electron chi connectivity index (χ3n) is 3.30. The average molecular weight is 300 g/mol. The Kier molecular flexibility index (Phi) is 6.31. The fraction of sp³-hybridized carbons (Fsp3) is 0.769. The fourth-order valence-electron chi connectivity index (χ4n) is 2.06. The third kappa shape index (κ3) is 5.06. The first kappa shape index (κ1) is 15.8. The van der Waals surface area contributed by atoms with Gasteiger partial charge in [0.15, 0.2) is 0 Å². The second-order valence-corrected chi connectivity index (χ2v) is 6.26. The van der Waals surface area contributed by atoms with Gasteiger partial charge in [0.1, 0.15) is 5.60 Å². The van der Waals surface area contributed by atoms with Gasteiger partial charge in [0.05, 0.1) is 25.2 Å². The molecule has 2 rings (SSSR count). The minimum atomic E-state index is -0.792. The first-order valence-corrected chi connectivity index (χ1v) is 8.13. The Labute approximate surface area is 124 Å². The zero-order valence-corrected chi connectivity index (χ0v) is 12.8. The molecule has 1 aromatic rings. The highest BCUT2D eigenvalue weighted by molar-refractivity contribution is 7.98. The summed E-state index contributed by atoms with van der Waals surface area (Å²) in [6.45, 7) is 5.92. The highest BCUT2D eigenvalue weighted by Gasteiger charge is 2.28. The smallest absolute Gasteiger partial charge is 0.113 e. The number of aromatic amines is 1. The van der Waals surface area contributed by atoms with Crippen LogP contribution in [0.15, 0.2) is 6.33 Å². The molecule has 1 fully saturated rings. The molecule has 0 saturated carbocycles. The van der Waals surface area contributed by atoms with E-state index in [0.29, 0.717) is 26.3 Å². The van der Waals surface area contributed by atoms with Crippen molar-refractivity contribution in [2.75, 3.05) is 45.1 Å². The van der Waals surface area contributed by atoms with Crippen molar-refractivity contribution in [3.05, 3.63) is 17.7 Å². The molecule has 0 spiro atoms. The van der Waals surface area contributed by atoms with Gasteiger partial charge in [0, 0.05) is 43.4 Å². The molecule has 1 aliphatic heterocycles. The lowest BCUT2D eigenvalue weighted by atomic mass is 10.1. The molecule has 0 bridgehead atoms. The van der Waals surface area contributed by atoms with E-state index in [1.807, 2.05) is 18.7 Å². The molecule has 1 saturated heterocycles. The van der Waals surface area contributed by atoms with E-state index in [2.05, 4.69) is 20.6 Å². The van der Waals surface area contributed by atoms with Gasteiger partial charge in [0.2, 0.25) is 0 Å². The first-order valence-electron chi connectivity index (χ1n) is 6.98. The van der Waals surface area contributed by atoms with Crippen LogP contribution < -0.4 is 10.6 Å². The molecule has 1 aromatic heterocycles. The Morgan fingerprint density at radius 2 is 2.50 bits per heavy atom. The predicted molar refractivity (Wildman–Crippen MR) is 81.0 cm³/mol. The van der Waals surface area contributed by atoms with Crippen molar-refractivity contribution in [2.24, 2.45) is 0 Å².